The minimum absolute atomic E-state index is 1.11. The third kappa shape index (κ3) is 22.0. The van der Waals surface area contributed by atoms with Crippen LogP contribution in [-0.4, -0.2) is 13.1 Å². The summed E-state index contributed by atoms with van der Waals surface area (Å²) in [5.41, 5.74) is 0. The van der Waals surface area contributed by atoms with Gasteiger partial charge in [-0.25, -0.2) is 0 Å². The Morgan fingerprint density at radius 3 is 1.43 bits per heavy atom. The van der Waals surface area contributed by atoms with Gasteiger partial charge in [0.25, 0.3) is 0 Å². The molecule has 0 aliphatic rings. The van der Waals surface area contributed by atoms with Crippen molar-refractivity contribution in [3.8, 4) is 0 Å². The molecular formula is C22H46N. The number of hydrogen-bond acceptors (Lipinski definition) is 1. The van der Waals surface area contributed by atoms with Crippen LogP contribution in [-0.2, 0) is 0 Å². The van der Waals surface area contributed by atoms with E-state index in [4.69, 9.17) is 0 Å². The zero-order valence-electron chi connectivity index (χ0n) is 16.5. The Morgan fingerprint density at radius 2 is 0.957 bits per heavy atom. The zero-order chi connectivity index (χ0) is 16.8. The lowest BCUT2D eigenvalue weighted by Gasteiger charge is -2.05. The van der Waals surface area contributed by atoms with Gasteiger partial charge >= 0.3 is 0 Å². The first-order valence-corrected chi connectivity index (χ1v) is 10.9. The molecule has 1 N–H and O–H groups in total. The predicted molar refractivity (Wildman–Crippen MR) is 107 cm³/mol. The monoisotopic (exact) mass is 324 g/mol. The number of unbranched alkanes of at least 4 members (excludes halogenated alkanes) is 16. The Kier molecular flexibility index (Phi) is 21.9. The summed E-state index contributed by atoms with van der Waals surface area (Å²) in [4.78, 5) is 0. The molecule has 0 rings (SSSR count). The molecule has 0 saturated carbocycles. The molecule has 0 aliphatic heterocycles. The van der Waals surface area contributed by atoms with Crippen molar-refractivity contribution in [2.24, 2.45) is 0 Å². The molecule has 0 unspecified atom stereocenters. The number of hydrogen-bond donors (Lipinski definition) is 1. The molecule has 0 aliphatic carbocycles. The molecule has 139 valence electrons. The molecule has 0 atom stereocenters. The normalized spacial score (nSPS) is 11.2. The molecule has 0 fully saturated rings. The van der Waals surface area contributed by atoms with E-state index in [2.05, 4.69) is 25.6 Å². The topological polar surface area (TPSA) is 12.0 Å². The highest BCUT2D eigenvalue weighted by atomic mass is 14.8. The molecule has 1 nitrogen and oxygen atoms in total. The first-order chi connectivity index (χ1) is 11.4. The fourth-order valence-corrected chi connectivity index (χ4v) is 3.10. The maximum Gasteiger partial charge on any atom is -0.00174 e. The van der Waals surface area contributed by atoms with Crippen molar-refractivity contribution in [1.29, 1.82) is 0 Å². The van der Waals surface area contributed by atoms with E-state index in [0.29, 0.717) is 0 Å². The quantitative estimate of drug-likeness (QED) is 0.229. The van der Waals surface area contributed by atoms with Gasteiger partial charge in [0.15, 0.2) is 0 Å². The van der Waals surface area contributed by atoms with Crippen LogP contribution in [0.25, 0.3) is 0 Å². The maximum absolute atomic E-state index is 3.53. The highest BCUT2D eigenvalue weighted by Gasteiger charge is 1.94. The standard InChI is InChI=1S/C22H46N/c1-3-5-7-9-10-11-12-13-14-15-16-17-18-20-22-23-21-19-8-6-4-2/h19,23H,3-18,20-22H2,1-2H3. The van der Waals surface area contributed by atoms with E-state index in [9.17, 15) is 0 Å². The van der Waals surface area contributed by atoms with E-state index in [0.717, 1.165) is 6.54 Å². The van der Waals surface area contributed by atoms with Crippen LogP contribution in [0.4, 0.5) is 0 Å². The van der Waals surface area contributed by atoms with Crippen molar-refractivity contribution in [2.75, 3.05) is 13.1 Å². The van der Waals surface area contributed by atoms with Gasteiger partial charge in [0.1, 0.15) is 0 Å². The highest BCUT2D eigenvalue weighted by molar-refractivity contribution is 4.67. The van der Waals surface area contributed by atoms with Gasteiger partial charge in [0, 0.05) is 0 Å². The van der Waals surface area contributed by atoms with Crippen LogP contribution in [0.15, 0.2) is 0 Å². The van der Waals surface area contributed by atoms with E-state index >= 15 is 0 Å². The van der Waals surface area contributed by atoms with E-state index < -0.39 is 0 Å². The lowest BCUT2D eigenvalue weighted by atomic mass is 10.0. The average Bonchev–Trinajstić information content (AvgIpc) is 2.57. The summed E-state index contributed by atoms with van der Waals surface area (Å²) in [6.07, 6.45) is 26.6. The minimum Gasteiger partial charge on any atom is -0.316 e. The SMILES string of the molecule is CCCC[CH]CNCCCCCCCCCCCCCCCC. The molecule has 23 heavy (non-hydrogen) atoms. The second-order valence-electron chi connectivity index (χ2n) is 7.23. The Labute approximate surface area is 148 Å². The van der Waals surface area contributed by atoms with Gasteiger partial charge in [-0.1, -0.05) is 110 Å². The van der Waals surface area contributed by atoms with Crippen LogP contribution in [0.3, 0.4) is 0 Å². The van der Waals surface area contributed by atoms with Crippen LogP contribution in [0.1, 0.15) is 123 Å². The van der Waals surface area contributed by atoms with Crippen molar-refractivity contribution >= 4 is 0 Å². The van der Waals surface area contributed by atoms with Crippen LogP contribution in [0.5, 0.6) is 0 Å². The average molecular weight is 325 g/mol. The van der Waals surface area contributed by atoms with Crippen molar-refractivity contribution in [2.45, 2.75) is 123 Å². The van der Waals surface area contributed by atoms with E-state index in [1.54, 1.807) is 0 Å². The first kappa shape index (κ1) is 23.0. The van der Waals surface area contributed by atoms with E-state index in [1.165, 1.54) is 116 Å². The largest absolute Gasteiger partial charge is 0.316 e. The Hall–Kier alpha value is -0.0400. The van der Waals surface area contributed by atoms with E-state index in [-0.39, 0.29) is 0 Å². The van der Waals surface area contributed by atoms with Gasteiger partial charge in [-0.15, -0.1) is 0 Å². The highest BCUT2D eigenvalue weighted by Crippen LogP contribution is 2.12. The summed E-state index contributed by atoms with van der Waals surface area (Å²) >= 11 is 0. The molecule has 0 amide bonds. The molecule has 0 bridgehead atoms. The predicted octanol–water partition coefficient (Wildman–Crippen LogP) is 7.45. The van der Waals surface area contributed by atoms with Crippen molar-refractivity contribution in [3.05, 3.63) is 6.42 Å². The summed E-state index contributed by atoms with van der Waals surface area (Å²) in [6, 6.07) is 0. The van der Waals surface area contributed by atoms with Gasteiger partial charge in [-0.2, -0.15) is 0 Å². The second kappa shape index (κ2) is 22.0. The van der Waals surface area contributed by atoms with Crippen LogP contribution in [0, 0.1) is 6.42 Å². The molecule has 0 saturated heterocycles. The molecule has 0 aromatic carbocycles. The van der Waals surface area contributed by atoms with E-state index in [1.807, 2.05) is 0 Å². The van der Waals surface area contributed by atoms with Crippen LogP contribution in [0.2, 0.25) is 0 Å². The summed E-state index contributed by atoms with van der Waals surface area (Å²) in [7, 11) is 0. The smallest absolute Gasteiger partial charge is 0.00174 e. The summed E-state index contributed by atoms with van der Waals surface area (Å²) in [5, 5.41) is 3.53. The Bertz CT molecular complexity index is 170. The summed E-state index contributed by atoms with van der Waals surface area (Å²) in [6.45, 7) is 6.87. The molecule has 0 heterocycles. The summed E-state index contributed by atoms with van der Waals surface area (Å²) < 4.78 is 0. The zero-order valence-corrected chi connectivity index (χ0v) is 16.5. The first-order valence-electron chi connectivity index (χ1n) is 10.9. The van der Waals surface area contributed by atoms with Crippen LogP contribution >= 0.6 is 0 Å². The number of nitrogens with one attached hydrogen (secondary N) is 1. The van der Waals surface area contributed by atoms with Gasteiger partial charge in [0.2, 0.25) is 0 Å². The molecule has 0 aromatic rings. The van der Waals surface area contributed by atoms with Crippen molar-refractivity contribution in [3.63, 3.8) is 0 Å². The lowest BCUT2D eigenvalue weighted by Crippen LogP contribution is -2.16. The van der Waals surface area contributed by atoms with Crippen molar-refractivity contribution in [1.82, 2.24) is 5.32 Å². The molecule has 1 radical (unpaired) electrons. The maximum atomic E-state index is 3.53. The molecule has 1 heteroatoms. The van der Waals surface area contributed by atoms with Gasteiger partial charge < -0.3 is 5.32 Å². The fourth-order valence-electron chi connectivity index (χ4n) is 3.10. The van der Waals surface area contributed by atoms with Crippen molar-refractivity contribution < 1.29 is 0 Å². The molecule has 0 spiro atoms. The lowest BCUT2D eigenvalue weighted by molar-refractivity contribution is 0.531. The third-order valence-electron chi connectivity index (χ3n) is 4.76. The van der Waals surface area contributed by atoms with Gasteiger partial charge in [-0.05, 0) is 32.4 Å². The molecule has 0 aromatic heterocycles. The Morgan fingerprint density at radius 1 is 0.522 bits per heavy atom. The summed E-state index contributed by atoms with van der Waals surface area (Å²) in [5.74, 6) is 0. The second-order valence-corrected chi connectivity index (χ2v) is 7.23. The number of rotatable bonds is 20. The molecular weight excluding hydrogens is 278 g/mol. The minimum atomic E-state index is 1.11. The third-order valence-corrected chi connectivity index (χ3v) is 4.76. The fraction of sp³-hybridized carbons (Fsp3) is 0.955. The van der Waals surface area contributed by atoms with Gasteiger partial charge in [-0.3, -0.25) is 0 Å². The van der Waals surface area contributed by atoms with Gasteiger partial charge in [0.05, 0.1) is 0 Å². The van der Waals surface area contributed by atoms with Crippen LogP contribution < -0.4 is 5.32 Å². The Balaban J connectivity index is 2.92.